The number of hydrogen-bond acceptors (Lipinski definition) is 4. The van der Waals surface area contributed by atoms with Crippen LogP contribution in [0.2, 0.25) is 0 Å². The van der Waals surface area contributed by atoms with Crippen molar-refractivity contribution in [1.29, 1.82) is 0 Å². The monoisotopic (exact) mass is 294 g/mol. The molecule has 1 aromatic heterocycles. The Balaban J connectivity index is 1.70. The van der Waals surface area contributed by atoms with E-state index in [1.54, 1.807) is 16.4 Å². The Kier molecular flexibility index (Phi) is 3.00. The third-order valence-electron chi connectivity index (χ3n) is 3.92. The Morgan fingerprint density at radius 2 is 1.62 bits per heavy atom. The topological polar surface area (TPSA) is 43.6 Å². The van der Waals surface area contributed by atoms with Gasteiger partial charge >= 0.3 is 0 Å². The molecule has 0 N–H and O–H groups in total. The zero-order valence-electron chi connectivity index (χ0n) is 11.6. The Morgan fingerprint density at radius 1 is 1.00 bits per heavy atom. The van der Waals surface area contributed by atoms with Gasteiger partial charge in [0.1, 0.15) is 0 Å². The van der Waals surface area contributed by atoms with Crippen molar-refractivity contribution in [2.75, 3.05) is 5.75 Å². The summed E-state index contributed by atoms with van der Waals surface area (Å²) in [5.74, 6) is 1.35. The molecule has 1 aliphatic carbocycles. The van der Waals surface area contributed by atoms with Crippen molar-refractivity contribution in [1.82, 2.24) is 20.2 Å². The minimum atomic E-state index is 0.402. The van der Waals surface area contributed by atoms with Crippen molar-refractivity contribution < 1.29 is 0 Å². The van der Waals surface area contributed by atoms with Crippen molar-refractivity contribution in [3.05, 3.63) is 59.7 Å². The van der Waals surface area contributed by atoms with E-state index in [1.807, 2.05) is 7.05 Å². The van der Waals surface area contributed by atoms with Gasteiger partial charge in [0.2, 0.25) is 5.16 Å². The molecule has 0 fully saturated rings. The van der Waals surface area contributed by atoms with Crippen molar-refractivity contribution in [3.8, 4) is 11.1 Å². The molecule has 4 rings (SSSR count). The van der Waals surface area contributed by atoms with Crippen LogP contribution in [0.25, 0.3) is 11.1 Å². The standard InChI is InChI=1S/C16H14N4S/c1-20-16(17-18-19-20)21-10-15-13-8-4-2-6-11(13)12-7-3-5-9-14(12)15/h2-9,15H,10H2,1H3. The first-order valence-electron chi connectivity index (χ1n) is 6.88. The van der Waals surface area contributed by atoms with Crippen LogP contribution in [-0.2, 0) is 7.05 Å². The average Bonchev–Trinajstić information content (AvgIpc) is 3.07. The van der Waals surface area contributed by atoms with Crippen LogP contribution >= 0.6 is 11.8 Å². The zero-order valence-corrected chi connectivity index (χ0v) is 12.4. The van der Waals surface area contributed by atoms with E-state index in [-0.39, 0.29) is 0 Å². The Labute approximate surface area is 127 Å². The molecule has 0 saturated carbocycles. The summed E-state index contributed by atoms with van der Waals surface area (Å²) >= 11 is 1.71. The number of tetrazole rings is 1. The molecule has 0 unspecified atom stereocenters. The maximum absolute atomic E-state index is 4.05. The number of aryl methyl sites for hydroxylation is 1. The van der Waals surface area contributed by atoms with E-state index in [9.17, 15) is 0 Å². The quantitative estimate of drug-likeness (QED) is 0.696. The molecule has 104 valence electrons. The molecule has 4 nitrogen and oxygen atoms in total. The van der Waals surface area contributed by atoms with Gasteiger partial charge in [-0.2, -0.15) is 0 Å². The van der Waals surface area contributed by atoms with Gasteiger partial charge in [-0.05, 0) is 32.7 Å². The molecule has 1 heterocycles. The fraction of sp³-hybridized carbons (Fsp3) is 0.188. The van der Waals surface area contributed by atoms with E-state index in [0.717, 1.165) is 10.9 Å². The second-order valence-corrected chi connectivity index (χ2v) is 6.11. The predicted octanol–water partition coefficient (Wildman–Crippen LogP) is 3.11. The average molecular weight is 294 g/mol. The van der Waals surface area contributed by atoms with Crippen molar-refractivity contribution in [3.63, 3.8) is 0 Å². The van der Waals surface area contributed by atoms with Crippen LogP contribution < -0.4 is 0 Å². The lowest BCUT2D eigenvalue weighted by atomic mass is 9.99. The molecule has 0 saturated heterocycles. The van der Waals surface area contributed by atoms with Crippen LogP contribution in [0.15, 0.2) is 53.7 Å². The fourth-order valence-corrected chi connectivity index (χ4v) is 3.93. The summed E-state index contributed by atoms with van der Waals surface area (Å²) in [6.07, 6.45) is 0. The normalized spacial score (nSPS) is 13.2. The molecule has 1 aliphatic rings. The molecule has 0 aliphatic heterocycles. The summed E-state index contributed by atoms with van der Waals surface area (Å²) in [5, 5.41) is 12.5. The minimum absolute atomic E-state index is 0.402. The number of benzene rings is 2. The zero-order chi connectivity index (χ0) is 14.2. The summed E-state index contributed by atoms with van der Waals surface area (Å²) < 4.78 is 1.72. The molecule has 0 atom stereocenters. The van der Waals surface area contributed by atoms with E-state index in [0.29, 0.717) is 5.92 Å². The second-order valence-electron chi connectivity index (χ2n) is 5.12. The van der Waals surface area contributed by atoms with Crippen LogP contribution in [0.1, 0.15) is 17.0 Å². The molecule has 0 amide bonds. The molecule has 3 aromatic rings. The SMILES string of the molecule is Cn1nnnc1SCC1c2ccccc2-c2ccccc21. The highest BCUT2D eigenvalue weighted by atomic mass is 32.2. The molecule has 21 heavy (non-hydrogen) atoms. The van der Waals surface area contributed by atoms with Gasteiger partial charge in [0.15, 0.2) is 0 Å². The Morgan fingerprint density at radius 3 is 2.19 bits per heavy atom. The van der Waals surface area contributed by atoms with E-state index in [2.05, 4.69) is 64.1 Å². The third kappa shape index (κ3) is 2.05. The molecule has 0 radical (unpaired) electrons. The van der Waals surface area contributed by atoms with Crippen molar-refractivity contribution >= 4 is 11.8 Å². The van der Waals surface area contributed by atoms with Crippen molar-refractivity contribution in [2.45, 2.75) is 11.1 Å². The lowest BCUT2D eigenvalue weighted by Gasteiger charge is -2.12. The lowest BCUT2D eigenvalue weighted by Crippen LogP contribution is -2.02. The van der Waals surface area contributed by atoms with Crippen LogP contribution in [0.5, 0.6) is 0 Å². The first-order valence-corrected chi connectivity index (χ1v) is 7.86. The van der Waals surface area contributed by atoms with Gasteiger partial charge in [-0.3, -0.25) is 0 Å². The van der Waals surface area contributed by atoms with Gasteiger partial charge in [-0.1, -0.05) is 60.3 Å². The van der Waals surface area contributed by atoms with E-state index < -0.39 is 0 Å². The van der Waals surface area contributed by atoms with Crippen LogP contribution in [0.4, 0.5) is 0 Å². The minimum Gasteiger partial charge on any atom is -0.224 e. The Bertz CT molecular complexity index is 751. The van der Waals surface area contributed by atoms with Crippen LogP contribution in [0, 0.1) is 0 Å². The molecular weight excluding hydrogens is 280 g/mol. The first kappa shape index (κ1) is 12.6. The largest absolute Gasteiger partial charge is 0.224 e. The van der Waals surface area contributed by atoms with Gasteiger partial charge in [-0.25, -0.2) is 4.68 Å². The number of hydrogen-bond donors (Lipinski definition) is 0. The van der Waals surface area contributed by atoms with Crippen LogP contribution in [-0.4, -0.2) is 26.0 Å². The van der Waals surface area contributed by atoms with Gasteiger partial charge in [0.25, 0.3) is 0 Å². The van der Waals surface area contributed by atoms with E-state index in [4.69, 9.17) is 0 Å². The highest BCUT2D eigenvalue weighted by Gasteiger charge is 2.28. The fourth-order valence-electron chi connectivity index (χ4n) is 2.94. The number of nitrogens with zero attached hydrogens (tertiary/aromatic N) is 4. The first-order chi connectivity index (χ1) is 10.3. The predicted molar refractivity (Wildman–Crippen MR) is 83.2 cm³/mol. The number of fused-ring (bicyclic) bond motifs is 3. The van der Waals surface area contributed by atoms with Crippen LogP contribution in [0.3, 0.4) is 0 Å². The number of rotatable bonds is 3. The van der Waals surface area contributed by atoms with Gasteiger partial charge in [0.05, 0.1) is 0 Å². The summed E-state index contributed by atoms with van der Waals surface area (Å²) in [6.45, 7) is 0. The summed E-state index contributed by atoms with van der Waals surface area (Å²) in [5.41, 5.74) is 5.52. The lowest BCUT2D eigenvalue weighted by molar-refractivity contribution is 0.664. The highest BCUT2D eigenvalue weighted by Crippen LogP contribution is 2.46. The smallest absolute Gasteiger partial charge is 0.209 e. The van der Waals surface area contributed by atoms with E-state index in [1.165, 1.54) is 22.3 Å². The molecule has 0 spiro atoms. The maximum atomic E-state index is 4.05. The number of aromatic nitrogens is 4. The molecule has 0 bridgehead atoms. The summed E-state index contributed by atoms with van der Waals surface area (Å²) in [4.78, 5) is 0. The van der Waals surface area contributed by atoms with Gasteiger partial charge < -0.3 is 0 Å². The maximum Gasteiger partial charge on any atom is 0.209 e. The summed E-state index contributed by atoms with van der Waals surface area (Å²) in [7, 11) is 1.87. The van der Waals surface area contributed by atoms with E-state index >= 15 is 0 Å². The summed E-state index contributed by atoms with van der Waals surface area (Å²) in [6, 6.07) is 17.3. The molecule has 5 heteroatoms. The second kappa shape index (κ2) is 5.00. The van der Waals surface area contributed by atoms with Crippen molar-refractivity contribution in [2.24, 2.45) is 7.05 Å². The number of thioether (sulfide) groups is 1. The van der Waals surface area contributed by atoms with Gasteiger partial charge in [0, 0.05) is 18.7 Å². The van der Waals surface area contributed by atoms with Gasteiger partial charge in [-0.15, -0.1) is 5.10 Å². The molecular formula is C16H14N4S. The third-order valence-corrected chi connectivity index (χ3v) is 5.03. The Hall–Kier alpha value is -2.14. The highest BCUT2D eigenvalue weighted by molar-refractivity contribution is 7.99. The molecule has 2 aromatic carbocycles.